The monoisotopic (exact) mass is 588 g/mol. The zero-order valence-electron chi connectivity index (χ0n) is 22.3. The Morgan fingerprint density at radius 1 is 0.939 bits per heavy atom. The smallest absolute Gasteiger partial charge is 0.0916 e. The second-order valence-electron chi connectivity index (χ2n) is 11.7. The van der Waals surface area contributed by atoms with Crippen molar-refractivity contribution in [3.63, 3.8) is 0 Å². The summed E-state index contributed by atoms with van der Waals surface area (Å²) in [5, 5.41) is 4.81. The standard InChI is InChI=1S/C13H14N.C12H27P.CH4O3S.Pd/c1-14-13-10-6-5-9-12(13)11-7-3-2-4-8-11;1-10(2,3)13(11(4,5)6)12(7,8)9;1-5(2,3)4;/h2-9,14H,10H2,1H3;1-9H3;1H3,(H,2,3,4);. The van der Waals surface area contributed by atoms with Gasteiger partial charge in [-0.2, -0.15) is 0 Å². The Labute approximate surface area is 211 Å². The third-order valence-electron chi connectivity index (χ3n) is 5.88. The fourth-order valence-electron chi connectivity index (χ4n) is 5.84. The van der Waals surface area contributed by atoms with Gasteiger partial charge in [-0.25, -0.2) is 8.42 Å². The van der Waals surface area contributed by atoms with Crippen molar-refractivity contribution in [3.05, 3.63) is 54.1 Å². The summed E-state index contributed by atoms with van der Waals surface area (Å²) in [5.74, 6) is 0. The molecule has 1 aromatic carbocycles. The molecule has 0 amide bonds. The van der Waals surface area contributed by atoms with Crippen LogP contribution in [0.3, 0.4) is 0 Å². The number of allylic oxidation sites excluding steroid dienone is 2. The van der Waals surface area contributed by atoms with Crippen LogP contribution in [0.15, 0.2) is 48.6 Å². The molecule has 193 valence electrons. The van der Waals surface area contributed by atoms with E-state index >= 15 is 0 Å². The van der Waals surface area contributed by atoms with Crippen LogP contribution in [0, 0.1) is 0 Å². The first kappa shape index (κ1) is 30.7. The van der Waals surface area contributed by atoms with E-state index < -0.39 is 15.6 Å². The first-order valence-corrected chi connectivity index (χ1v) is 18.1. The maximum Gasteiger partial charge on any atom is 0.0916 e. The minimum Gasteiger partial charge on any atom is -0.748 e. The molecule has 1 aromatic rings. The number of hydrogen-bond acceptors (Lipinski definition) is 4. The molecule has 2 rings (SSSR count). The van der Waals surface area contributed by atoms with Crippen molar-refractivity contribution in [2.75, 3.05) is 13.3 Å². The summed E-state index contributed by atoms with van der Waals surface area (Å²) in [6.07, 6.45) is 8.67. The van der Waals surface area contributed by atoms with Crippen LogP contribution in [0.1, 0.15) is 74.3 Å². The van der Waals surface area contributed by atoms with Crippen molar-refractivity contribution in [3.8, 4) is 0 Å². The average molecular weight is 589 g/mol. The Morgan fingerprint density at radius 2 is 1.36 bits per heavy atom. The van der Waals surface area contributed by atoms with Crippen molar-refractivity contribution < 1.29 is 30.5 Å². The van der Waals surface area contributed by atoms with E-state index in [0.717, 1.165) is 6.42 Å². The molecule has 7 heteroatoms. The zero-order valence-corrected chi connectivity index (χ0v) is 25.6. The SMILES string of the molecule is CN[C]1([Pd+][PH](C(C)(C)C)(C(C)(C)C)C(C)(C)C)CC=CC=C1c1ccccc1.CS(=O)(=O)[O-]. The van der Waals surface area contributed by atoms with E-state index in [2.05, 4.69) is 123 Å². The van der Waals surface area contributed by atoms with Crippen LogP contribution in [0.2, 0.25) is 0 Å². The van der Waals surface area contributed by atoms with Gasteiger partial charge in [-0.15, -0.1) is 0 Å². The van der Waals surface area contributed by atoms with Crippen molar-refractivity contribution >= 4 is 21.1 Å². The maximum absolute atomic E-state index is 9.08. The topological polar surface area (TPSA) is 69.2 Å². The van der Waals surface area contributed by atoms with Crippen LogP contribution in [0.5, 0.6) is 0 Å². The van der Waals surface area contributed by atoms with Crippen LogP contribution in [0.25, 0.3) is 5.57 Å². The molecule has 4 nitrogen and oxygen atoms in total. The first-order chi connectivity index (χ1) is 14.7. The van der Waals surface area contributed by atoms with Gasteiger partial charge in [-0.05, 0) is 0 Å². The molecule has 0 heterocycles. The fourth-order valence-corrected chi connectivity index (χ4v) is 24.4. The molecule has 33 heavy (non-hydrogen) atoms. The minimum absolute atomic E-state index is 0.0323. The number of benzene rings is 1. The van der Waals surface area contributed by atoms with Gasteiger partial charge in [0.1, 0.15) is 0 Å². The molecule has 1 aliphatic carbocycles. The van der Waals surface area contributed by atoms with Crippen LogP contribution < -0.4 is 5.32 Å². The Balaban J connectivity index is 0.000000981. The third kappa shape index (κ3) is 7.33. The molecular weight excluding hydrogens is 544 g/mol. The quantitative estimate of drug-likeness (QED) is 0.256. The molecule has 1 N–H and O–H groups in total. The number of nitrogens with one attached hydrogen (secondary N) is 1. The van der Waals surface area contributed by atoms with Gasteiger partial charge < -0.3 is 4.55 Å². The van der Waals surface area contributed by atoms with E-state index in [-0.39, 0.29) is 4.01 Å². The van der Waals surface area contributed by atoms with E-state index in [0.29, 0.717) is 39.2 Å². The predicted molar refractivity (Wildman–Crippen MR) is 143 cm³/mol. The molecule has 0 fully saturated rings. The van der Waals surface area contributed by atoms with E-state index in [4.69, 9.17) is 13.0 Å². The van der Waals surface area contributed by atoms with Crippen LogP contribution in [-0.2, 0) is 27.6 Å². The van der Waals surface area contributed by atoms with Crippen molar-refractivity contribution in [1.29, 1.82) is 0 Å². The van der Waals surface area contributed by atoms with E-state index in [1.165, 1.54) is 11.1 Å². The molecule has 0 bridgehead atoms. The van der Waals surface area contributed by atoms with Gasteiger partial charge in [-0.3, -0.25) is 0 Å². The van der Waals surface area contributed by atoms with E-state index in [9.17, 15) is 0 Å². The zero-order chi connectivity index (χ0) is 25.9. The summed E-state index contributed by atoms with van der Waals surface area (Å²) in [4.78, 5) is 0. The molecule has 0 aromatic heterocycles. The van der Waals surface area contributed by atoms with Gasteiger partial charge in [0.25, 0.3) is 0 Å². The molecule has 0 saturated carbocycles. The summed E-state index contributed by atoms with van der Waals surface area (Å²) in [6, 6.07) is 11.0. The van der Waals surface area contributed by atoms with Gasteiger partial charge in [-0.1, -0.05) is 0 Å². The Morgan fingerprint density at radius 3 is 1.73 bits per heavy atom. The molecule has 1 unspecified atom stereocenters. The van der Waals surface area contributed by atoms with Crippen LogP contribution in [0.4, 0.5) is 0 Å². The molecule has 0 saturated heterocycles. The van der Waals surface area contributed by atoms with Gasteiger partial charge >= 0.3 is 183 Å². The molecule has 0 aliphatic heterocycles. The summed E-state index contributed by atoms with van der Waals surface area (Å²) in [7, 11) is -1.73. The summed E-state index contributed by atoms with van der Waals surface area (Å²) in [6.45, 7) is 22.6. The number of hydrogen-bond donors (Lipinski definition) is 1. The Kier molecular flexibility index (Phi) is 9.98. The average Bonchev–Trinajstić information content (AvgIpc) is 2.62. The van der Waals surface area contributed by atoms with Gasteiger partial charge in [0.05, 0.1) is 10.1 Å². The molecule has 0 spiro atoms. The van der Waals surface area contributed by atoms with Gasteiger partial charge in [0, 0.05) is 6.26 Å². The van der Waals surface area contributed by atoms with E-state index in [1.54, 1.807) is 0 Å². The Hall–Kier alpha value is -0.338. The van der Waals surface area contributed by atoms with Crippen LogP contribution in [-0.4, -0.2) is 45.8 Å². The minimum atomic E-state index is -3.92. The summed E-state index contributed by atoms with van der Waals surface area (Å²) in [5.41, 5.74) is 0.991. The third-order valence-corrected chi connectivity index (χ3v) is 27.7. The van der Waals surface area contributed by atoms with E-state index in [1.807, 2.05) is 0 Å². The van der Waals surface area contributed by atoms with Gasteiger partial charge in [0.15, 0.2) is 0 Å². The summed E-state index contributed by atoms with van der Waals surface area (Å²) >= 11 is 0.599. The predicted octanol–water partition coefficient (Wildman–Crippen LogP) is 6.25. The second-order valence-corrected chi connectivity index (χ2v) is 25.0. The van der Waals surface area contributed by atoms with Crippen LogP contribution >= 0.6 is 5.45 Å². The molecule has 1 atom stereocenters. The van der Waals surface area contributed by atoms with Gasteiger partial charge in [0.2, 0.25) is 0 Å². The first-order valence-electron chi connectivity index (χ1n) is 11.4. The maximum atomic E-state index is 9.08. The normalized spacial score (nSPS) is 20.7. The molecule has 0 radical (unpaired) electrons. The van der Waals surface area contributed by atoms with Crippen molar-refractivity contribution in [2.45, 2.75) is 88.2 Å². The fraction of sp³-hybridized carbons (Fsp3) is 0.615. The Bertz CT molecular complexity index is 908. The molecule has 1 aliphatic rings. The second kappa shape index (κ2) is 10.7. The number of likely N-dealkylation sites (N-methyl/N-ethyl adjacent to an activating group) is 1. The van der Waals surface area contributed by atoms with Crippen molar-refractivity contribution in [2.24, 2.45) is 0 Å². The largest absolute Gasteiger partial charge is 0.748 e. The van der Waals surface area contributed by atoms with Crippen molar-refractivity contribution in [1.82, 2.24) is 5.32 Å². The number of rotatable bonds is 4. The molecular formula is C26H45NO3PPdS. The summed E-state index contributed by atoms with van der Waals surface area (Å²) < 4.78 is 27.3.